The lowest BCUT2D eigenvalue weighted by Crippen LogP contribution is -2.08. The Morgan fingerprint density at radius 2 is 2.14 bits per heavy atom. The minimum absolute atomic E-state index is 0.0277. The Labute approximate surface area is 84.2 Å². The second-order valence-corrected chi connectivity index (χ2v) is 3.90. The molecule has 0 fully saturated rings. The van der Waals surface area contributed by atoms with Crippen LogP contribution in [0, 0.1) is 5.82 Å². The van der Waals surface area contributed by atoms with Gasteiger partial charge in [0, 0.05) is 6.07 Å². The number of benzene rings is 1. The van der Waals surface area contributed by atoms with Gasteiger partial charge in [0.1, 0.15) is 11.6 Å². The first-order valence-electron chi connectivity index (χ1n) is 4.06. The average molecular weight is 217 g/mol. The first-order chi connectivity index (χ1) is 6.50. The zero-order valence-corrected chi connectivity index (χ0v) is 8.64. The largest absolute Gasteiger partial charge is 0.768 e. The van der Waals surface area contributed by atoms with Crippen molar-refractivity contribution in [3.63, 3.8) is 0 Å². The molecular formula is C9H10FO3S-. The highest BCUT2D eigenvalue weighted by Crippen LogP contribution is 2.23. The second-order valence-electron chi connectivity index (χ2n) is 2.99. The van der Waals surface area contributed by atoms with Gasteiger partial charge in [0.25, 0.3) is 0 Å². The molecule has 0 aliphatic heterocycles. The van der Waals surface area contributed by atoms with Crippen LogP contribution in [-0.2, 0) is 11.1 Å². The Hall–Kier alpha value is -0.940. The van der Waals surface area contributed by atoms with Crippen molar-refractivity contribution in [3.8, 4) is 5.75 Å². The molecule has 0 aliphatic rings. The molecule has 0 amide bonds. The Bertz CT molecular complexity index is 352. The fourth-order valence-electron chi connectivity index (χ4n) is 0.966. The maximum absolute atomic E-state index is 12.8. The highest BCUT2D eigenvalue weighted by Gasteiger charge is 2.07. The van der Waals surface area contributed by atoms with Gasteiger partial charge in [-0.05, 0) is 37.1 Å². The maximum atomic E-state index is 12.8. The van der Waals surface area contributed by atoms with Crippen molar-refractivity contribution in [3.05, 3.63) is 24.0 Å². The number of halogens is 1. The summed E-state index contributed by atoms with van der Waals surface area (Å²) in [7, 11) is 0. The van der Waals surface area contributed by atoms with Crippen molar-refractivity contribution in [2.24, 2.45) is 0 Å². The van der Waals surface area contributed by atoms with E-state index in [-0.39, 0.29) is 16.7 Å². The molecule has 0 bridgehead atoms. The van der Waals surface area contributed by atoms with E-state index in [0.29, 0.717) is 0 Å². The van der Waals surface area contributed by atoms with Gasteiger partial charge in [0.15, 0.2) is 0 Å². The van der Waals surface area contributed by atoms with Gasteiger partial charge in [-0.1, -0.05) is 0 Å². The van der Waals surface area contributed by atoms with Crippen molar-refractivity contribution in [1.29, 1.82) is 0 Å². The smallest absolute Gasteiger partial charge is 0.137 e. The highest BCUT2D eigenvalue weighted by molar-refractivity contribution is 7.79. The second kappa shape index (κ2) is 4.52. The lowest BCUT2D eigenvalue weighted by molar-refractivity contribution is 0.234. The van der Waals surface area contributed by atoms with Crippen LogP contribution in [0.2, 0.25) is 0 Å². The van der Waals surface area contributed by atoms with Gasteiger partial charge in [0.05, 0.1) is 11.0 Å². The van der Waals surface area contributed by atoms with E-state index in [1.54, 1.807) is 13.8 Å². The minimum atomic E-state index is -2.41. The first-order valence-corrected chi connectivity index (χ1v) is 5.13. The molecule has 0 heterocycles. The number of hydrogen-bond donors (Lipinski definition) is 0. The topological polar surface area (TPSA) is 49.4 Å². The van der Waals surface area contributed by atoms with Gasteiger partial charge in [-0.2, -0.15) is 0 Å². The van der Waals surface area contributed by atoms with Crippen LogP contribution < -0.4 is 4.74 Å². The Balaban J connectivity index is 3.09. The summed E-state index contributed by atoms with van der Waals surface area (Å²) >= 11 is -2.41. The lowest BCUT2D eigenvalue weighted by Gasteiger charge is -2.15. The van der Waals surface area contributed by atoms with Crippen molar-refractivity contribution >= 4 is 11.1 Å². The lowest BCUT2D eigenvalue weighted by atomic mass is 10.3. The summed E-state index contributed by atoms with van der Waals surface area (Å²) in [5, 5.41) is 0. The van der Waals surface area contributed by atoms with Gasteiger partial charge in [-0.25, -0.2) is 4.39 Å². The summed E-state index contributed by atoms with van der Waals surface area (Å²) < 4.78 is 39.4. The van der Waals surface area contributed by atoms with E-state index >= 15 is 0 Å². The van der Waals surface area contributed by atoms with Crippen LogP contribution in [0.3, 0.4) is 0 Å². The minimum Gasteiger partial charge on any atom is -0.768 e. The monoisotopic (exact) mass is 217 g/mol. The van der Waals surface area contributed by atoms with Crippen molar-refractivity contribution in [2.45, 2.75) is 24.8 Å². The van der Waals surface area contributed by atoms with E-state index in [9.17, 15) is 13.2 Å². The molecule has 1 aromatic carbocycles. The molecule has 1 aromatic rings. The van der Waals surface area contributed by atoms with E-state index in [1.807, 2.05) is 0 Å². The standard InChI is InChI=1S/C9H11FO3S/c1-6(2)13-8-5-7(10)3-4-9(8)14(11)12/h3-6H,1-2H3,(H,11,12)/p-1. The fraction of sp³-hybridized carbons (Fsp3) is 0.333. The Morgan fingerprint density at radius 3 is 2.64 bits per heavy atom. The third kappa shape index (κ3) is 2.78. The molecule has 1 rings (SSSR count). The van der Waals surface area contributed by atoms with Gasteiger partial charge < -0.3 is 9.29 Å². The summed E-state index contributed by atoms with van der Waals surface area (Å²) in [6.07, 6.45) is -0.195. The molecule has 0 aromatic heterocycles. The maximum Gasteiger partial charge on any atom is 0.137 e. The summed E-state index contributed by atoms with van der Waals surface area (Å²) in [6, 6.07) is 3.32. The average Bonchev–Trinajstić information content (AvgIpc) is 2.01. The predicted octanol–water partition coefficient (Wildman–Crippen LogP) is 1.85. The summed E-state index contributed by atoms with van der Waals surface area (Å²) in [6.45, 7) is 3.48. The molecule has 0 saturated carbocycles. The van der Waals surface area contributed by atoms with Crippen LogP contribution in [-0.4, -0.2) is 14.9 Å². The Morgan fingerprint density at radius 1 is 1.50 bits per heavy atom. The molecule has 14 heavy (non-hydrogen) atoms. The first kappa shape index (κ1) is 11.1. The zero-order chi connectivity index (χ0) is 10.7. The third-order valence-corrected chi connectivity index (χ3v) is 2.14. The van der Waals surface area contributed by atoms with E-state index < -0.39 is 16.9 Å². The van der Waals surface area contributed by atoms with E-state index in [2.05, 4.69) is 0 Å². The molecule has 1 unspecified atom stereocenters. The molecule has 0 spiro atoms. The number of hydrogen-bond acceptors (Lipinski definition) is 3. The number of ether oxygens (including phenoxy) is 1. The van der Waals surface area contributed by atoms with E-state index in [1.165, 1.54) is 6.07 Å². The quantitative estimate of drug-likeness (QED) is 0.726. The fourth-order valence-corrected chi connectivity index (χ4v) is 1.42. The molecule has 0 saturated heterocycles. The van der Waals surface area contributed by atoms with Crippen LogP contribution in [0.1, 0.15) is 13.8 Å². The van der Waals surface area contributed by atoms with Crippen LogP contribution in [0.15, 0.2) is 23.1 Å². The van der Waals surface area contributed by atoms with Gasteiger partial charge in [0.2, 0.25) is 0 Å². The molecule has 5 heteroatoms. The van der Waals surface area contributed by atoms with E-state index in [4.69, 9.17) is 4.74 Å². The number of rotatable bonds is 3. The van der Waals surface area contributed by atoms with Crippen LogP contribution in [0.4, 0.5) is 4.39 Å². The molecule has 0 aliphatic carbocycles. The van der Waals surface area contributed by atoms with Crippen molar-refractivity contribution in [1.82, 2.24) is 0 Å². The zero-order valence-electron chi connectivity index (χ0n) is 7.82. The van der Waals surface area contributed by atoms with Crippen molar-refractivity contribution in [2.75, 3.05) is 0 Å². The summed E-state index contributed by atoms with van der Waals surface area (Å²) in [5.74, 6) is -0.469. The predicted molar refractivity (Wildman–Crippen MR) is 49.3 cm³/mol. The summed E-state index contributed by atoms with van der Waals surface area (Å²) in [4.78, 5) is -0.0277. The molecule has 78 valence electrons. The van der Waals surface area contributed by atoms with Gasteiger partial charge in [-0.3, -0.25) is 4.21 Å². The molecule has 0 N–H and O–H groups in total. The summed E-state index contributed by atoms with van der Waals surface area (Å²) in [5.41, 5.74) is 0. The van der Waals surface area contributed by atoms with Crippen molar-refractivity contribution < 1.29 is 17.9 Å². The third-order valence-electron chi connectivity index (χ3n) is 1.45. The van der Waals surface area contributed by atoms with Crippen LogP contribution >= 0.6 is 0 Å². The molecule has 0 radical (unpaired) electrons. The normalized spacial score (nSPS) is 12.9. The van der Waals surface area contributed by atoms with Gasteiger partial charge in [-0.15, -0.1) is 0 Å². The SMILES string of the molecule is CC(C)Oc1cc(F)ccc1S(=O)[O-]. The highest BCUT2D eigenvalue weighted by atomic mass is 32.2. The van der Waals surface area contributed by atoms with Gasteiger partial charge >= 0.3 is 0 Å². The van der Waals surface area contributed by atoms with Crippen LogP contribution in [0.5, 0.6) is 5.75 Å². The Kier molecular flexibility index (Phi) is 3.60. The molecular weight excluding hydrogens is 207 g/mol. The van der Waals surface area contributed by atoms with Crippen LogP contribution in [0.25, 0.3) is 0 Å². The molecule has 3 nitrogen and oxygen atoms in total. The molecule has 1 atom stereocenters. The van der Waals surface area contributed by atoms with E-state index in [0.717, 1.165) is 12.1 Å².